The number of aliphatic hydroxyl groups excluding tert-OH is 6. The van der Waals surface area contributed by atoms with Gasteiger partial charge in [0.25, 0.3) is 0 Å². The highest BCUT2D eigenvalue weighted by Gasteiger charge is 2.46. The summed E-state index contributed by atoms with van der Waals surface area (Å²) in [6.07, 6.45) is -11.1. The normalized spacial score (nSPS) is 28.4. The number of rotatable bonds is 14. The minimum Gasteiger partial charge on any atom is -0.396 e. The molecule has 228 valence electrons. The highest BCUT2D eigenvalue weighted by Crippen LogP contribution is 2.61. The molecule has 11 atom stereocenters. The molecule has 2 aromatic heterocycles. The van der Waals surface area contributed by atoms with Gasteiger partial charge >= 0.3 is 14.5 Å². The first-order chi connectivity index (χ1) is 18.6. The number of nitrogens with zero attached hydrogens (tertiary/aromatic N) is 4. The van der Waals surface area contributed by atoms with Gasteiger partial charge in [0.15, 0.2) is 24.0 Å². The van der Waals surface area contributed by atoms with Gasteiger partial charge in [-0.15, -0.1) is 0 Å². The number of aromatic nitrogens is 4. The first-order valence-electron chi connectivity index (χ1n) is 11.4. The highest BCUT2D eigenvalue weighted by atomic mass is 32.5. The van der Waals surface area contributed by atoms with Crippen molar-refractivity contribution in [1.82, 2.24) is 19.5 Å². The number of hydrogen-bond acceptors (Lipinski definition) is 17. The number of hydrogen-bond donors (Lipinski definition) is 9. The van der Waals surface area contributed by atoms with Crippen LogP contribution < -0.4 is 5.73 Å². The first kappa shape index (κ1) is 33.2. The Morgan fingerprint density at radius 3 is 2.45 bits per heavy atom. The van der Waals surface area contributed by atoms with Gasteiger partial charge in [-0.05, 0) is 11.8 Å². The number of ether oxygens (including phenoxy) is 2. The summed E-state index contributed by atoms with van der Waals surface area (Å²) in [5.74, 6) is -0.819. The van der Waals surface area contributed by atoms with Crippen LogP contribution in [0.3, 0.4) is 0 Å². The SMILES string of the molecule is COC(OP(=O)(O)OP(O)(=S)OCC1OC(n2cnc3c(N)ncnc32)C(O)C1O)C(O)C(O)C(O)C(C)CO. The number of anilines is 1. The van der Waals surface area contributed by atoms with Gasteiger partial charge in [0, 0.05) is 19.6 Å². The van der Waals surface area contributed by atoms with Gasteiger partial charge in [-0.3, -0.25) is 9.09 Å². The van der Waals surface area contributed by atoms with Gasteiger partial charge in [-0.1, -0.05) is 6.92 Å². The van der Waals surface area contributed by atoms with E-state index in [2.05, 4.69) is 23.8 Å². The predicted molar refractivity (Wildman–Crippen MR) is 135 cm³/mol. The fourth-order valence-corrected chi connectivity index (χ4v) is 6.81. The van der Waals surface area contributed by atoms with E-state index < -0.39 is 82.8 Å². The molecular weight excluding hydrogens is 604 g/mol. The van der Waals surface area contributed by atoms with Crippen LogP contribution >= 0.6 is 14.5 Å². The van der Waals surface area contributed by atoms with Gasteiger partial charge in [-0.2, -0.15) is 0 Å². The Kier molecular flexibility index (Phi) is 11.1. The van der Waals surface area contributed by atoms with E-state index in [1.54, 1.807) is 0 Å². The van der Waals surface area contributed by atoms with Crippen molar-refractivity contribution < 1.29 is 67.8 Å². The molecule has 1 aliphatic rings. The van der Waals surface area contributed by atoms with E-state index in [-0.39, 0.29) is 17.0 Å². The molecule has 0 aliphatic carbocycles. The summed E-state index contributed by atoms with van der Waals surface area (Å²) in [6, 6.07) is 0. The fraction of sp³-hybridized carbons (Fsp3) is 0.722. The molecule has 0 bridgehead atoms. The number of imidazole rings is 1. The van der Waals surface area contributed by atoms with E-state index in [1.165, 1.54) is 17.8 Å². The second kappa shape index (κ2) is 13.3. The number of phosphoric acid groups is 1. The van der Waals surface area contributed by atoms with Gasteiger partial charge in [-0.25, -0.2) is 23.8 Å². The maximum absolute atomic E-state index is 12.5. The summed E-state index contributed by atoms with van der Waals surface area (Å²) in [6.45, 7) is -4.53. The Balaban J connectivity index is 1.62. The minimum atomic E-state index is -5.36. The molecule has 1 saturated heterocycles. The lowest BCUT2D eigenvalue weighted by Gasteiger charge is -2.31. The fourth-order valence-electron chi connectivity index (χ4n) is 3.68. The molecule has 3 rings (SSSR count). The third-order valence-corrected chi connectivity index (χ3v) is 9.44. The largest absolute Gasteiger partial charge is 0.481 e. The Labute approximate surface area is 231 Å². The summed E-state index contributed by atoms with van der Waals surface area (Å²) in [7, 11) is -4.43. The zero-order valence-corrected chi connectivity index (χ0v) is 23.6. The summed E-state index contributed by atoms with van der Waals surface area (Å²) >= 11 is 4.72. The maximum Gasteiger partial charge on any atom is 0.481 e. The van der Waals surface area contributed by atoms with Crippen LogP contribution in [-0.2, 0) is 39.2 Å². The van der Waals surface area contributed by atoms with Crippen molar-refractivity contribution in [3.05, 3.63) is 12.7 Å². The van der Waals surface area contributed by atoms with Gasteiger partial charge < -0.3 is 60.2 Å². The van der Waals surface area contributed by atoms with Crippen molar-refractivity contribution in [2.75, 3.05) is 26.1 Å². The molecule has 3 heterocycles. The van der Waals surface area contributed by atoms with E-state index in [4.69, 9.17) is 36.6 Å². The minimum absolute atomic E-state index is 0.0686. The Bertz CT molecular complexity index is 1240. The Morgan fingerprint density at radius 2 is 1.82 bits per heavy atom. The van der Waals surface area contributed by atoms with Crippen LogP contribution in [0, 0.1) is 5.92 Å². The molecule has 0 aromatic carbocycles. The lowest BCUT2D eigenvalue weighted by Crippen LogP contribution is -2.48. The Morgan fingerprint density at radius 1 is 1.15 bits per heavy atom. The number of phosphoric ester groups is 1. The summed E-state index contributed by atoms with van der Waals surface area (Å²) in [4.78, 5) is 32.2. The van der Waals surface area contributed by atoms with Crippen LogP contribution in [-0.4, -0.2) is 123 Å². The number of aliphatic hydroxyl groups is 6. The van der Waals surface area contributed by atoms with Crippen molar-refractivity contribution in [2.45, 2.75) is 56.1 Å². The van der Waals surface area contributed by atoms with Crippen LogP contribution in [0.15, 0.2) is 12.7 Å². The number of methoxy groups -OCH3 is 1. The van der Waals surface area contributed by atoms with Crippen molar-refractivity contribution in [3.8, 4) is 0 Å². The zero-order chi connectivity index (χ0) is 30.0. The molecular formula is C18H31N5O14P2S. The van der Waals surface area contributed by atoms with Gasteiger partial charge in [0.2, 0.25) is 0 Å². The van der Waals surface area contributed by atoms with Crippen LogP contribution in [0.1, 0.15) is 13.2 Å². The number of fused-ring (bicyclic) bond motifs is 1. The summed E-state index contributed by atoms with van der Waals surface area (Å²) in [5.41, 5.74) is 6.16. The summed E-state index contributed by atoms with van der Waals surface area (Å²) < 4.78 is 38.3. The predicted octanol–water partition coefficient (Wildman–Crippen LogP) is -2.92. The van der Waals surface area contributed by atoms with Gasteiger partial charge in [0.1, 0.15) is 42.4 Å². The standard InChI is InChI=1S/C18H31N5O14P2S/c1-7(3-24)10(25)12(27)14(29)18(33-2)36-38(30,31)37-39(32,40)34-4-8-11(26)13(28)17(35-8)23-6-22-9-15(19)20-5-21-16(9)23/h5-8,10-14,17-18,24-29H,3-4H2,1-2H3,(H,30,31)(H,32,40)(H2,19,20,21). The monoisotopic (exact) mass is 635 g/mol. The quantitative estimate of drug-likeness (QED) is 0.0741. The number of nitrogens with two attached hydrogens (primary N) is 1. The van der Waals surface area contributed by atoms with Crippen LogP contribution in [0.25, 0.3) is 11.2 Å². The van der Waals surface area contributed by atoms with Crippen molar-refractivity contribution in [1.29, 1.82) is 0 Å². The van der Waals surface area contributed by atoms with E-state index in [0.717, 1.165) is 13.4 Å². The lowest BCUT2D eigenvalue weighted by molar-refractivity contribution is -0.189. The second-order valence-electron chi connectivity index (χ2n) is 8.78. The third-order valence-electron chi connectivity index (χ3n) is 5.93. The van der Waals surface area contributed by atoms with Crippen LogP contribution in [0.4, 0.5) is 5.82 Å². The molecule has 0 radical (unpaired) electrons. The zero-order valence-electron chi connectivity index (χ0n) is 21.0. The molecule has 0 spiro atoms. The van der Waals surface area contributed by atoms with E-state index >= 15 is 0 Å². The first-order valence-corrected chi connectivity index (χ1v) is 15.5. The van der Waals surface area contributed by atoms with E-state index in [0.29, 0.717) is 0 Å². The average Bonchev–Trinajstić information content (AvgIpc) is 3.45. The smallest absolute Gasteiger partial charge is 0.396 e. The molecule has 1 fully saturated rings. The molecule has 10 N–H and O–H groups in total. The molecule has 0 amide bonds. The average molecular weight is 635 g/mol. The second-order valence-corrected chi connectivity index (χ2v) is 13.2. The third kappa shape index (κ3) is 7.56. The molecule has 22 heteroatoms. The Hall–Kier alpha value is -1.29. The van der Waals surface area contributed by atoms with Crippen LogP contribution in [0.2, 0.25) is 0 Å². The topological polar surface area (TPSA) is 295 Å². The maximum atomic E-state index is 12.5. The van der Waals surface area contributed by atoms with Gasteiger partial charge in [0.05, 0.1) is 19.0 Å². The lowest BCUT2D eigenvalue weighted by atomic mass is 9.97. The molecule has 2 aromatic rings. The molecule has 40 heavy (non-hydrogen) atoms. The summed E-state index contributed by atoms with van der Waals surface area (Å²) in [5, 5.41) is 60.3. The van der Waals surface area contributed by atoms with Crippen molar-refractivity contribution >= 4 is 43.3 Å². The van der Waals surface area contributed by atoms with E-state index in [1.807, 2.05) is 0 Å². The molecule has 19 nitrogen and oxygen atoms in total. The van der Waals surface area contributed by atoms with Crippen molar-refractivity contribution in [3.63, 3.8) is 0 Å². The van der Waals surface area contributed by atoms with Crippen molar-refractivity contribution in [2.24, 2.45) is 5.92 Å². The highest BCUT2D eigenvalue weighted by molar-refractivity contribution is 8.08. The molecule has 11 unspecified atom stereocenters. The number of nitrogen functional groups attached to an aromatic ring is 1. The molecule has 0 saturated carbocycles. The van der Waals surface area contributed by atoms with E-state index in [9.17, 15) is 39.9 Å². The van der Waals surface area contributed by atoms with Crippen LogP contribution in [0.5, 0.6) is 0 Å². The molecule has 1 aliphatic heterocycles.